The zero-order valence-electron chi connectivity index (χ0n) is 14.0. The smallest absolute Gasteiger partial charge is 0.143 e. The molecule has 1 aliphatic carbocycles. The number of anilines is 1. The number of hydrogen-bond donors (Lipinski definition) is 0. The van der Waals surface area contributed by atoms with E-state index in [9.17, 15) is 4.79 Å². The number of fused-ring (bicyclic) bond motifs is 1. The van der Waals surface area contributed by atoms with Crippen LogP contribution in [-0.4, -0.2) is 18.1 Å². The summed E-state index contributed by atoms with van der Waals surface area (Å²) < 4.78 is 0. The topological polar surface area (TPSA) is 20.3 Å². The first kappa shape index (κ1) is 16.4. The van der Waals surface area contributed by atoms with Crippen LogP contribution < -0.4 is 4.90 Å². The van der Waals surface area contributed by atoms with Gasteiger partial charge in [-0.2, -0.15) is 0 Å². The van der Waals surface area contributed by atoms with Crippen molar-refractivity contribution in [1.82, 2.24) is 0 Å². The van der Waals surface area contributed by atoms with Crippen molar-refractivity contribution in [3.63, 3.8) is 0 Å². The molecular weight excluding hydrogens is 302 g/mol. The Morgan fingerprint density at radius 1 is 1.30 bits per heavy atom. The van der Waals surface area contributed by atoms with E-state index in [-0.39, 0.29) is 11.5 Å². The maximum atomic E-state index is 12.2. The molecule has 0 fully saturated rings. The van der Waals surface area contributed by atoms with Crippen LogP contribution in [-0.2, 0) is 4.79 Å². The predicted molar refractivity (Wildman–Crippen MR) is 99.0 cm³/mol. The minimum absolute atomic E-state index is 0.0213. The number of para-hydroxylation sites is 1. The van der Waals surface area contributed by atoms with Gasteiger partial charge in [-0.25, -0.2) is 0 Å². The molecule has 122 valence electrons. The minimum Gasteiger partial charge on any atom is -0.333 e. The molecule has 1 atom stereocenters. The van der Waals surface area contributed by atoms with Crippen molar-refractivity contribution in [3.8, 4) is 0 Å². The van der Waals surface area contributed by atoms with Crippen molar-refractivity contribution in [2.45, 2.75) is 50.5 Å². The fraction of sp³-hybridized carbons (Fsp3) is 0.450. The van der Waals surface area contributed by atoms with E-state index < -0.39 is 0 Å². The van der Waals surface area contributed by atoms with Crippen LogP contribution in [0.5, 0.6) is 0 Å². The molecule has 0 aromatic heterocycles. The second-order valence-electron chi connectivity index (χ2n) is 6.40. The lowest BCUT2D eigenvalue weighted by molar-refractivity contribution is -0.111. The third-order valence-electron chi connectivity index (χ3n) is 5.38. The molecule has 0 N–H and O–H groups in total. The molecule has 1 unspecified atom stereocenters. The highest BCUT2D eigenvalue weighted by atomic mass is 32.2. The zero-order chi connectivity index (χ0) is 16.3. The van der Waals surface area contributed by atoms with E-state index in [0.717, 1.165) is 31.4 Å². The summed E-state index contributed by atoms with van der Waals surface area (Å²) >= 11 is 1.91. The normalized spacial score (nSPS) is 23.0. The molecule has 0 saturated carbocycles. The van der Waals surface area contributed by atoms with Crippen LogP contribution in [0.15, 0.2) is 53.1 Å². The van der Waals surface area contributed by atoms with Crippen LogP contribution in [0.4, 0.5) is 5.69 Å². The molecule has 3 rings (SSSR count). The van der Waals surface area contributed by atoms with E-state index in [1.165, 1.54) is 22.6 Å². The molecule has 3 heteroatoms. The third kappa shape index (κ3) is 2.87. The molecule has 1 aromatic rings. The highest BCUT2D eigenvalue weighted by molar-refractivity contribution is 7.99. The van der Waals surface area contributed by atoms with E-state index in [4.69, 9.17) is 0 Å². The van der Waals surface area contributed by atoms with Crippen LogP contribution in [0.1, 0.15) is 39.5 Å². The molecule has 1 heterocycles. The molecule has 2 nitrogen and oxygen atoms in total. The van der Waals surface area contributed by atoms with Crippen molar-refractivity contribution in [1.29, 1.82) is 0 Å². The van der Waals surface area contributed by atoms with Crippen molar-refractivity contribution < 1.29 is 4.79 Å². The highest BCUT2D eigenvalue weighted by Gasteiger charge is 2.43. The maximum Gasteiger partial charge on any atom is 0.143 e. The van der Waals surface area contributed by atoms with E-state index in [0.29, 0.717) is 0 Å². The Bertz CT molecular complexity index is 630. The Kier molecular flexibility index (Phi) is 4.96. The summed E-state index contributed by atoms with van der Waals surface area (Å²) in [5.74, 6) is 1.00. The summed E-state index contributed by atoms with van der Waals surface area (Å²) in [6, 6.07) is 8.44. The van der Waals surface area contributed by atoms with Gasteiger partial charge in [0.15, 0.2) is 0 Å². The first-order valence-electron chi connectivity index (χ1n) is 8.58. The van der Waals surface area contributed by atoms with Gasteiger partial charge < -0.3 is 9.69 Å². The van der Waals surface area contributed by atoms with Gasteiger partial charge in [-0.05, 0) is 43.9 Å². The Balaban J connectivity index is 2.17. The summed E-state index contributed by atoms with van der Waals surface area (Å²) in [6.07, 6.45) is 11.8. The van der Waals surface area contributed by atoms with Crippen LogP contribution >= 0.6 is 11.8 Å². The fourth-order valence-electron chi connectivity index (χ4n) is 3.71. The molecule has 23 heavy (non-hydrogen) atoms. The summed E-state index contributed by atoms with van der Waals surface area (Å²) in [7, 11) is 0. The van der Waals surface area contributed by atoms with Gasteiger partial charge in [0, 0.05) is 21.8 Å². The molecule has 0 spiro atoms. The van der Waals surface area contributed by atoms with Gasteiger partial charge in [-0.15, -0.1) is 11.8 Å². The number of carbonyl (C=O) groups excluding carboxylic acids is 1. The van der Waals surface area contributed by atoms with E-state index in [2.05, 4.69) is 61.2 Å². The molecule has 0 bridgehead atoms. The van der Waals surface area contributed by atoms with Crippen molar-refractivity contribution in [2.75, 3.05) is 10.7 Å². The summed E-state index contributed by atoms with van der Waals surface area (Å²) in [4.78, 5) is 15.8. The van der Waals surface area contributed by atoms with Gasteiger partial charge in [0.1, 0.15) is 6.29 Å². The average Bonchev–Trinajstić information content (AvgIpc) is 2.77. The average molecular weight is 327 g/mol. The van der Waals surface area contributed by atoms with E-state index in [1.807, 2.05) is 11.8 Å². The Morgan fingerprint density at radius 3 is 2.74 bits per heavy atom. The van der Waals surface area contributed by atoms with Crippen LogP contribution in [0, 0.1) is 5.41 Å². The SMILES string of the molecule is CCC1(CC)CSc2ccccc2N(C2=CC=CCC2)C1C=O. The second kappa shape index (κ2) is 6.96. The Hall–Kier alpha value is -1.48. The Labute approximate surface area is 143 Å². The minimum atomic E-state index is -0.0913. The number of benzene rings is 1. The Morgan fingerprint density at radius 2 is 2.09 bits per heavy atom. The van der Waals surface area contributed by atoms with Gasteiger partial charge in [-0.1, -0.05) is 38.1 Å². The first-order valence-corrected chi connectivity index (χ1v) is 9.56. The van der Waals surface area contributed by atoms with Crippen molar-refractivity contribution >= 4 is 23.7 Å². The fourth-order valence-corrected chi connectivity index (χ4v) is 5.22. The zero-order valence-corrected chi connectivity index (χ0v) is 14.8. The molecule has 0 saturated heterocycles. The number of aldehydes is 1. The molecule has 2 aliphatic rings. The lowest BCUT2D eigenvalue weighted by Crippen LogP contribution is -2.49. The molecule has 0 radical (unpaired) electrons. The van der Waals surface area contributed by atoms with Gasteiger partial charge in [-0.3, -0.25) is 0 Å². The summed E-state index contributed by atoms with van der Waals surface area (Å²) in [5.41, 5.74) is 2.48. The molecular formula is C20H25NOS. The van der Waals surface area contributed by atoms with Crippen molar-refractivity contribution in [3.05, 3.63) is 48.2 Å². The van der Waals surface area contributed by atoms with Gasteiger partial charge in [0.25, 0.3) is 0 Å². The lowest BCUT2D eigenvalue weighted by atomic mass is 9.76. The number of rotatable bonds is 4. The van der Waals surface area contributed by atoms with Crippen molar-refractivity contribution in [2.24, 2.45) is 5.41 Å². The monoisotopic (exact) mass is 327 g/mol. The number of nitrogens with zero attached hydrogens (tertiary/aromatic N) is 1. The lowest BCUT2D eigenvalue weighted by Gasteiger charge is -2.43. The third-order valence-corrected chi connectivity index (χ3v) is 6.76. The summed E-state index contributed by atoms with van der Waals surface area (Å²) in [5, 5.41) is 0. The molecule has 0 amide bonds. The van der Waals surface area contributed by atoms with Crippen LogP contribution in [0.25, 0.3) is 0 Å². The number of hydrogen-bond acceptors (Lipinski definition) is 3. The molecule has 1 aliphatic heterocycles. The number of allylic oxidation sites excluding steroid dienone is 4. The van der Waals surface area contributed by atoms with E-state index >= 15 is 0 Å². The predicted octanol–water partition coefficient (Wildman–Crippen LogP) is 5.21. The first-order chi connectivity index (χ1) is 11.3. The highest BCUT2D eigenvalue weighted by Crippen LogP contribution is 2.48. The molecule has 1 aromatic carbocycles. The van der Waals surface area contributed by atoms with Gasteiger partial charge >= 0.3 is 0 Å². The van der Waals surface area contributed by atoms with Crippen LogP contribution in [0.3, 0.4) is 0 Å². The van der Waals surface area contributed by atoms with Gasteiger partial charge in [0.2, 0.25) is 0 Å². The standard InChI is InChI=1S/C20H25NOS/c1-3-20(4-2)15-23-18-13-9-8-12-17(18)21(19(20)14-22)16-10-6-5-7-11-16/h5-6,8-10,12-14,19H,3-4,7,11,15H2,1-2H3. The number of carbonyl (C=O) groups is 1. The number of thioether (sulfide) groups is 1. The van der Waals surface area contributed by atoms with Gasteiger partial charge in [0.05, 0.1) is 11.7 Å². The summed E-state index contributed by atoms with van der Waals surface area (Å²) in [6.45, 7) is 4.45. The maximum absolute atomic E-state index is 12.2. The van der Waals surface area contributed by atoms with E-state index in [1.54, 1.807) is 0 Å². The second-order valence-corrected chi connectivity index (χ2v) is 7.42. The van der Waals surface area contributed by atoms with Crippen LogP contribution in [0.2, 0.25) is 0 Å². The quantitative estimate of drug-likeness (QED) is 0.708. The largest absolute Gasteiger partial charge is 0.333 e.